The molecule has 1 aromatic carbocycles. The van der Waals surface area contributed by atoms with Crippen LogP contribution in [0.25, 0.3) is 0 Å². The first kappa shape index (κ1) is 23.5. The maximum Gasteiger partial charge on any atom is 0.407 e. The van der Waals surface area contributed by atoms with Crippen LogP contribution in [0.3, 0.4) is 0 Å². The largest absolute Gasteiger partial charge is 0.444 e. The maximum atomic E-state index is 12.1. The molecule has 0 saturated carbocycles. The van der Waals surface area contributed by atoms with Gasteiger partial charge in [-0.1, -0.05) is 25.4 Å². The Morgan fingerprint density at radius 2 is 1.89 bits per heavy atom. The molecule has 0 heterocycles. The number of carbonyl (C=O) groups excluding carboxylic acids is 1. The van der Waals surface area contributed by atoms with Crippen LogP contribution in [0.15, 0.2) is 12.1 Å². The second-order valence-corrected chi connectivity index (χ2v) is 9.64. The Kier molecular flexibility index (Phi) is 7.95. The minimum atomic E-state index is -4.00. The fraction of sp³-hybridized carbons (Fsp3) is 0.611. The Balaban J connectivity index is 3.23. The van der Waals surface area contributed by atoms with Crippen LogP contribution >= 0.6 is 11.6 Å². The zero-order valence-electron chi connectivity index (χ0n) is 16.9. The van der Waals surface area contributed by atoms with Crippen LogP contribution in [0.1, 0.15) is 58.1 Å². The van der Waals surface area contributed by atoms with Gasteiger partial charge in [-0.25, -0.2) is 4.79 Å². The maximum absolute atomic E-state index is 12.1. The summed E-state index contributed by atoms with van der Waals surface area (Å²) in [6, 6.07) is 3.48. The SMILES string of the molecule is CCC(C)c1cc(Cl)c(OS(=O)(=O)N(C)C)c(CNC(=O)OC(C)(C)C)c1. The van der Waals surface area contributed by atoms with Gasteiger partial charge in [0.1, 0.15) is 5.60 Å². The molecule has 0 spiro atoms. The van der Waals surface area contributed by atoms with E-state index in [0.717, 1.165) is 16.3 Å². The van der Waals surface area contributed by atoms with Gasteiger partial charge in [0, 0.05) is 26.2 Å². The summed E-state index contributed by atoms with van der Waals surface area (Å²) >= 11 is 6.32. The highest BCUT2D eigenvalue weighted by Crippen LogP contribution is 2.35. The molecule has 0 radical (unpaired) electrons. The van der Waals surface area contributed by atoms with Crippen molar-refractivity contribution >= 4 is 28.0 Å². The zero-order valence-corrected chi connectivity index (χ0v) is 18.5. The average molecular weight is 421 g/mol. The van der Waals surface area contributed by atoms with Gasteiger partial charge in [-0.2, -0.15) is 12.7 Å². The minimum absolute atomic E-state index is 0.00604. The number of nitrogens with one attached hydrogen (secondary N) is 1. The third-order valence-electron chi connectivity index (χ3n) is 3.78. The molecule has 27 heavy (non-hydrogen) atoms. The summed E-state index contributed by atoms with van der Waals surface area (Å²) < 4.78 is 35.6. The normalized spacial score (nSPS) is 13.4. The van der Waals surface area contributed by atoms with Crippen LogP contribution < -0.4 is 9.50 Å². The first-order chi connectivity index (χ1) is 12.3. The van der Waals surface area contributed by atoms with Gasteiger partial charge in [-0.3, -0.25) is 0 Å². The zero-order chi connectivity index (χ0) is 21.0. The van der Waals surface area contributed by atoms with Gasteiger partial charge in [0.05, 0.1) is 5.02 Å². The highest BCUT2D eigenvalue weighted by atomic mass is 35.5. The van der Waals surface area contributed by atoms with Crippen molar-refractivity contribution in [2.24, 2.45) is 0 Å². The van der Waals surface area contributed by atoms with E-state index >= 15 is 0 Å². The molecular formula is C18H29ClN2O5S. The quantitative estimate of drug-likeness (QED) is 0.718. The van der Waals surface area contributed by atoms with Crippen molar-refractivity contribution < 1.29 is 22.1 Å². The number of halogens is 1. The van der Waals surface area contributed by atoms with E-state index in [1.165, 1.54) is 14.1 Å². The van der Waals surface area contributed by atoms with Gasteiger partial charge in [-0.05, 0) is 50.8 Å². The van der Waals surface area contributed by atoms with E-state index in [-0.39, 0.29) is 23.2 Å². The van der Waals surface area contributed by atoms with Gasteiger partial charge in [0.2, 0.25) is 0 Å². The van der Waals surface area contributed by atoms with Gasteiger partial charge in [-0.15, -0.1) is 0 Å². The van der Waals surface area contributed by atoms with Gasteiger partial charge in [0.25, 0.3) is 0 Å². The molecule has 1 N–H and O–H groups in total. The van der Waals surface area contributed by atoms with Gasteiger partial charge in [0.15, 0.2) is 5.75 Å². The highest BCUT2D eigenvalue weighted by Gasteiger charge is 2.23. The Morgan fingerprint density at radius 1 is 1.30 bits per heavy atom. The van der Waals surface area contributed by atoms with Crippen molar-refractivity contribution in [3.63, 3.8) is 0 Å². The lowest BCUT2D eigenvalue weighted by Gasteiger charge is -2.21. The number of amides is 1. The molecule has 1 rings (SSSR count). The Morgan fingerprint density at radius 3 is 2.37 bits per heavy atom. The van der Waals surface area contributed by atoms with Crippen molar-refractivity contribution in [3.8, 4) is 5.75 Å². The van der Waals surface area contributed by atoms with E-state index in [1.54, 1.807) is 32.9 Å². The van der Waals surface area contributed by atoms with Crippen molar-refractivity contribution in [2.75, 3.05) is 14.1 Å². The molecule has 0 aliphatic heterocycles. The molecule has 1 unspecified atom stereocenters. The summed E-state index contributed by atoms with van der Waals surface area (Å²) in [5.74, 6) is 0.204. The predicted molar refractivity (Wildman–Crippen MR) is 106 cm³/mol. The lowest BCUT2D eigenvalue weighted by atomic mass is 9.96. The third kappa shape index (κ3) is 7.20. The lowest BCUT2D eigenvalue weighted by molar-refractivity contribution is 0.0523. The monoisotopic (exact) mass is 420 g/mol. The summed E-state index contributed by atoms with van der Waals surface area (Å²) in [6.07, 6.45) is 0.264. The number of hydrogen-bond donors (Lipinski definition) is 1. The van der Waals surface area contributed by atoms with Gasteiger partial charge >= 0.3 is 16.4 Å². The molecule has 0 fully saturated rings. The topological polar surface area (TPSA) is 84.9 Å². The Labute approximate surface area is 167 Å². The summed E-state index contributed by atoms with van der Waals surface area (Å²) in [5.41, 5.74) is 0.737. The second kappa shape index (κ2) is 9.12. The van der Waals surface area contributed by atoms with E-state index in [1.807, 2.05) is 13.8 Å². The van der Waals surface area contributed by atoms with E-state index in [0.29, 0.717) is 5.56 Å². The average Bonchev–Trinajstić information content (AvgIpc) is 2.52. The van der Waals surface area contributed by atoms with Crippen LogP contribution in [0, 0.1) is 0 Å². The molecule has 0 bridgehead atoms. The van der Waals surface area contributed by atoms with Crippen molar-refractivity contribution in [2.45, 2.75) is 59.1 Å². The number of carbonyl (C=O) groups is 1. The minimum Gasteiger partial charge on any atom is -0.444 e. The van der Waals surface area contributed by atoms with Crippen molar-refractivity contribution in [3.05, 3.63) is 28.3 Å². The molecule has 1 amide bonds. The van der Waals surface area contributed by atoms with E-state index in [9.17, 15) is 13.2 Å². The van der Waals surface area contributed by atoms with Crippen molar-refractivity contribution in [1.82, 2.24) is 9.62 Å². The molecule has 0 aliphatic rings. The molecule has 154 valence electrons. The van der Waals surface area contributed by atoms with Crippen LogP contribution in [-0.4, -0.2) is 38.5 Å². The molecule has 7 nitrogen and oxygen atoms in total. The van der Waals surface area contributed by atoms with Crippen molar-refractivity contribution in [1.29, 1.82) is 0 Å². The molecule has 0 aromatic heterocycles. The first-order valence-corrected chi connectivity index (χ1v) is 10.4. The molecule has 1 aromatic rings. The molecule has 0 aliphatic carbocycles. The molecular weight excluding hydrogens is 392 g/mol. The first-order valence-electron chi connectivity index (χ1n) is 8.68. The molecule has 9 heteroatoms. The Hall–Kier alpha value is -1.51. The number of ether oxygens (including phenoxy) is 1. The number of nitrogens with zero attached hydrogens (tertiary/aromatic N) is 1. The Bertz CT molecular complexity index is 773. The van der Waals surface area contributed by atoms with Crippen LogP contribution in [0.4, 0.5) is 4.79 Å². The number of rotatable bonds is 7. The molecule has 0 saturated heterocycles. The summed E-state index contributed by atoms with van der Waals surface area (Å²) in [7, 11) is -1.28. The third-order valence-corrected chi connectivity index (χ3v) is 5.33. The van der Waals surface area contributed by atoms with E-state index < -0.39 is 22.0 Å². The smallest absolute Gasteiger partial charge is 0.407 e. The fourth-order valence-electron chi connectivity index (χ4n) is 2.08. The highest BCUT2D eigenvalue weighted by molar-refractivity contribution is 7.84. The summed E-state index contributed by atoms with van der Waals surface area (Å²) in [6.45, 7) is 9.35. The number of benzene rings is 1. The standard InChI is InChI=1S/C18H29ClN2O5S/c1-8-12(2)13-9-14(11-20-17(22)25-18(3,4)5)16(15(19)10-13)26-27(23,24)21(6)7/h9-10,12H,8,11H2,1-7H3,(H,20,22). The second-order valence-electron chi connectivity index (χ2n) is 7.48. The summed E-state index contributed by atoms with van der Waals surface area (Å²) in [5, 5.41) is 2.78. The fourth-order valence-corrected chi connectivity index (χ4v) is 2.97. The lowest BCUT2D eigenvalue weighted by Crippen LogP contribution is -2.32. The van der Waals surface area contributed by atoms with E-state index in [4.69, 9.17) is 20.5 Å². The number of alkyl carbamates (subject to hydrolysis) is 1. The van der Waals surface area contributed by atoms with Crippen LogP contribution in [0.2, 0.25) is 5.02 Å². The summed E-state index contributed by atoms with van der Waals surface area (Å²) in [4.78, 5) is 12.0. The van der Waals surface area contributed by atoms with Gasteiger partial charge < -0.3 is 14.2 Å². The van der Waals surface area contributed by atoms with E-state index in [2.05, 4.69) is 5.32 Å². The number of hydrogen-bond acceptors (Lipinski definition) is 5. The van der Waals surface area contributed by atoms with Crippen LogP contribution in [0.5, 0.6) is 5.75 Å². The molecule has 1 atom stereocenters. The van der Waals surface area contributed by atoms with Crippen LogP contribution in [-0.2, 0) is 21.6 Å². The predicted octanol–water partition coefficient (Wildman–Crippen LogP) is 4.06.